The minimum absolute atomic E-state index is 0.00376. The van der Waals surface area contributed by atoms with Crippen molar-refractivity contribution in [1.29, 1.82) is 0 Å². The number of alkyl halides is 3. The van der Waals surface area contributed by atoms with Gasteiger partial charge in [0.25, 0.3) is 5.91 Å². The Morgan fingerprint density at radius 2 is 2.04 bits per heavy atom. The van der Waals surface area contributed by atoms with Gasteiger partial charge in [-0.05, 0) is 30.3 Å². The summed E-state index contributed by atoms with van der Waals surface area (Å²) in [5.74, 6) is -0.646. The number of hydrogen-bond acceptors (Lipinski definition) is 4. The van der Waals surface area contributed by atoms with Crippen LogP contribution < -0.4 is 5.32 Å². The Kier molecular flexibility index (Phi) is 4.73. The Morgan fingerprint density at radius 1 is 1.24 bits per heavy atom. The number of nitrogens with zero attached hydrogens (tertiary/aromatic N) is 2. The second-order valence-corrected chi connectivity index (χ2v) is 6.19. The van der Waals surface area contributed by atoms with Crippen LogP contribution in [0, 0.1) is 0 Å². The van der Waals surface area contributed by atoms with Gasteiger partial charge in [-0.25, -0.2) is 4.98 Å². The molecular weight excluding hydrogens is 375 g/mol. The van der Waals surface area contributed by atoms with Crippen molar-refractivity contribution in [3.63, 3.8) is 0 Å². The third-order valence-corrected chi connectivity index (χ3v) is 4.41. The average molecular weight is 384 g/mol. The first kappa shape index (κ1) is 17.4. The summed E-state index contributed by atoms with van der Waals surface area (Å²) >= 11 is 7.10. The molecule has 1 amide bonds. The summed E-state index contributed by atoms with van der Waals surface area (Å²) in [5, 5.41) is 4.46. The smallest absolute Gasteiger partial charge is 0.319 e. The van der Waals surface area contributed by atoms with Crippen molar-refractivity contribution >= 4 is 34.5 Å². The Hall–Kier alpha value is -2.45. The molecule has 1 N–H and O–H groups in total. The molecule has 0 saturated heterocycles. The van der Waals surface area contributed by atoms with Crippen molar-refractivity contribution in [1.82, 2.24) is 9.97 Å². The van der Waals surface area contributed by atoms with Gasteiger partial charge >= 0.3 is 6.18 Å². The van der Waals surface area contributed by atoms with E-state index in [0.29, 0.717) is 5.01 Å². The third kappa shape index (κ3) is 3.97. The molecule has 0 atom stereocenters. The highest BCUT2D eigenvalue weighted by Gasteiger charge is 2.31. The first-order chi connectivity index (χ1) is 11.8. The zero-order chi connectivity index (χ0) is 18.0. The second kappa shape index (κ2) is 6.81. The van der Waals surface area contributed by atoms with E-state index in [2.05, 4.69) is 15.3 Å². The number of benzene rings is 1. The lowest BCUT2D eigenvalue weighted by atomic mass is 10.2. The Balaban J connectivity index is 1.83. The van der Waals surface area contributed by atoms with Gasteiger partial charge in [0.05, 0.1) is 16.3 Å². The van der Waals surface area contributed by atoms with Crippen LogP contribution in [0.25, 0.3) is 10.6 Å². The number of nitrogens with one attached hydrogen (secondary N) is 1. The van der Waals surface area contributed by atoms with E-state index in [-0.39, 0.29) is 16.4 Å². The minimum atomic E-state index is -4.53. The maximum absolute atomic E-state index is 12.8. The van der Waals surface area contributed by atoms with E-state index in [1.54, 1.807) is 24.5 Å². The summed E-state index contributed by atoms with van der Waals surface area (Å²) in [6, 6.07) is 6.24. The molecule has 25 heavy (non-hydrogen) atoms. The number of rotatable bonds is 3. The van der Waals surface area contributed by atoms with Crippen LogP contribution in [-0.2, 0) is 6.18 Å². The van der Waals surface area contributed by atoms with E-state index in [4.69, 9.17) is 11.6 Å². The molecule has 0 unspecified atom stereocenters. The van der Waals surface area contributed by atoms with Gasteiger partial charge in [0.15, 0.2) is 0 Å². The molecule has 0 radical (unpaired) electrons. The normalized spacial score (nSPS) is 11.4. The molecule has 0 fully saturated rings. The molecule has 0 bridgehead atoms. The van der Waals surface area contributed by atoms with Crippen LogP contribution >= 0.6 is 22.9 Å². The van der Waals surface area contributed by atoms with E-state index in [1.807, 2.05) is 0 Å². The summed E-state index contributed by atoms with van der Waals surface area (Å²) in [7, 11) is 0. The molecule has 3 aromatic rings. The van der Waals surface area contributed by atoms with E-state index in [9.17, 15) is 18.0 Å². The number of pyridine rings is 1. The summed E-state index contributed by atoms with van der Waals surface area (Å²) in [6.45, 7) is 0. The summed E-state index contributed by atoms with van der Waals surface area (Å²) in [6.07, 6.45) is -1.32. The molecule has 0 aliphatic carbocycles. The molecule has 9 heteroatoms. The largest absolute Gasteiger partial charge is 0.416 e. The van der Waals surface area contributed by atoms with E-state index in [1.165, 1.54) is 16.7 Å². The highest BCUT2D eigenvalue weighted by molar-refractivity contribution is 7.13. The first-order valence-corrected chi connectivity index (χ1v) is 8.14. The number of thiazole rings is 1. The van der Waals surface area contributed by atoms with Gasteiger partial charge in [-0.2, -0.15) is 13.2 Å². The van der Waals surface area contributed by atoms with Gasteiger partial charge in [0, 0.05) is 23.3 Å². The molecule has 2 heterocycles. The van der Waals surface area contributed by atoms with Gasteiger partial charge in [-0.3, -0.25) is 9.78 Å². The number of halogens is 4. The fourth-order valence-electron chi connectivity index (χ4n) is 1.98. The van der Waals surface area contributed by atoms with Crippen molar-refractivity contribution in [2.45, 2.75) is 6.18 Å². The lowest BCUT2D eigenvalue weighted by Gasteiger charge is -2.11. The molecule has 4 nitrogen and oxygen atoms in total. The van der Waals surface area contributed by atoms with Gasteiger partial charge in [0.2, 0.25) is 0 Å². The predicted octanol–water partition coefficient (Wildman–Crippen LogP) is 5.13. The molecule has 1 aromatic carbocycles. The molecule has 2 aromatic heterocycles. The van der Waals surface area contributed by atoms with E-state index in [0.717, 1.165) is 23.8 Å². The predicted molar refractivity (Wildman–Crippen MR) is 89.8 cm³/mol. The number of amides is 1. The highest BCUT2D eigenvalue weighted by Crippen LogP contribution is 2.34. The van der Waals surface area contributed by atoms with Crippen LogP contribution in [0.1, 0.15) is 16.1 Å². The van der Waals surface area contributed by atoms with Gasteiger partial charge in [0.1, 0.15) is 10.7 Å². The monoisotopic (exact) mass is 383 g/mol. The molecular formula is C16H9ClF3N3OS. The molecule has 0 saturated carbocycles. The molecule has 128 valence electrons. The zero-order valence-electron chi connectivity index (χ0n) is 12.3. The Morgan fingerprint density at radius 3 is 2.72 bits per heavy atom. The first-order valence-electron chi connectivity index (χ1n) is 6.88. The molecule has 0 spiro atoms. The lowest BCUT2D eigenvalue weighted by Crippen LogP contribution is -2.14. The van der Waals surface area contributed by atoms with Crippen molar-refractivity contribution < 1.29 is 18.0 Å². The third-order valence-electron chi connectivity index (χ3n) is 3.19. The van der Waals surface area contributed by atoms with Crippen LogP contribution in [0.4, 0.5) is 18.9 Å². The maximum Gasteiger partial charge on any atom is 0.416 e. The second-order valence-electron chi connectivity index (χ2n) is 4.93. The minimum Gasteiger partial charge on any atom is -0.319 e. The van der Waals surface area contributed by atoms with Crippen LogP contribution in [0.2, 0.25) is 5.02 Å². The maximum atomic E-state index is 12.8. The van der Waals surface area contributed by atoms with Crippen LogP contribution in [-0.4, -0.2) is 15.9 Å². The number of carbonyl (C=O) groups excluding carboxylic acids is 1. The Labute approximate surface area is 149 Å². The van der Waals surface area contributed by atoms with Gasteiger partial charge in [-0.15, -0.1) is 11.3 Å². The van der Waals surface area contributed by atoms with Gasteiger partial charge < -0.3 is 5.32 Å². The van der Waals surface area contributed by atoms with Crippen LogP contribution in [0.15, 0.2) is 48.1 Å². The fraction of sp³-hybridized carbons (Fsp3) is 0.0625. The average Bonchev–Trinajstić information content (AvgIpc) is 3.07. The summed E-state index contributed by atoms with van der Waals surface area (Å²) in [5.41, 5.74) is -0.208. The summed E-state index contributed by atoms with van der Waals surface area (Å²) in [4.78, 5) is 20.4. The van der Waals surface area contributed by atoms with Gasteiger partial charge in [-0.1, -0.05) is 11.6 Å². The fourth-order valence-corrected chi connectivity index (χ4v) is 2.94. The van der Waals surface area contributed by atoms with Crippen LogP contribution in [0.3, 0.4) is 0 Å². The summed E-state index contributed by atoms with van der Waals surface area (Å²) < 4.78 is 38.3. The quantitative estimate of drug-likeness (QED) is 0.682. The van der Waals surface area contributed by atoms with E-state index < -0.39 is 17.6 Å². The number of carbonyl (C=O) groups is 1. The van der Waals surface area contributed by atoms with Crippen molar-refractivity contribution in [2.24, 2.45) is 0 Å². The standard InChI is InChI=1S/C16H9ClF3N3OS/c17-11-4-3-10(16(18,19)20)6-12(11)22-14(24)13-8-25-15(23-13)9-2-1-5-21-7-9/h1-8H,(H,22,24). The topological polar surface area (TPSA) is 54.9 Å². The highest BCUT2D eigenvalue weighted by atomic mass is 35.5. The van der Waals surface area contributed by atoms with E-state index >= 15 is 0 Å². The lowest BCUT2D eigenvalue weighted by molar-refractivity contribution is -0.137. The van der Waals surface area contributed by atoms with Crippen molar-refractivity contribution in [3.8, 4) is 10.6 Å². The number of hydrogen-bond donors (Lipinski definition) is 1. The molecule has 0 aliphatic rings. The van der Waals surface area contributed by atoms with Crippen molar-refractivity contribution in [3.05, 3.63) is 64.4 Å². The SMILES string of the molecule is O=C(Nc1cc(C(F)(F)F)ccc1Cl)c1csc(-c2cccnc2)n1. The molecule has 0 aliphatic heterocycles. The zero-order valence-corrected chi connectivity index (χ0v) is 13.9. The Bertz CT molecular complexity index is 912. The van der Waals surface area contributed by atoms with Crippen molar-refractivity contribution in [2.75, 3.05) is 5.32 Å². The van der Waals surface area contributed by atoms with Crippen LogP contribution in [0.5, 0.6) is 0 Å². The number of anilines is 1. The molecule has 3 rings (SSSR count). The number of aromatic nitrogens is 2.